The lowest BCUT2D eigenvalue weighted by atomic mass is 9.93. The van der Waals surface area contributed by atoms with Crippen molar-refractivity contribution in [3.8, 4) is 17.2 Å². The van der Waals surface area contributed by atoms with Gasteiger partial charge in [0.1, 0.15) is 5.75 Å². The van der Waals surface area contributed by atoms with E-state index in [1.807, 2.05) is 23.1 Å². The molecule has 0 bridgehead atoms. The second-order valence-corrected chi connectivity index (χ2v) is 9.09. The zero-order valence-electron chi connectivity index (χ0n) is 19.5. The minimum absolute atomic E-state index is 0.179. The van der Waals surface area contributed by atoms with Crippen molar-refractivity contribution in [2.24, 2.45) is 5.92 Å². The van der Waals surface area contributed by atoms with E-state index in [0.29, 0.717) is 18.4 Å². The molecule has 2 aromatic carbocycles. The number of rotatable bonds is 8. The van der Waals surface area contributed by atoms with Crippen LogP contribution in [0, 0.1) is 5.92 Å². The van der Waals surface area contributed by atoms with Crippen LogP contribution in [0.2, 0.25) is 0 Å². The van der Waals surface area contributed by atoms with Gasteiger partial charge in [0.2, 0.25) is 12.7 Å². The largest absolute Gasteiger partial charge is 0.497 e. The number of carbonyl (C=O) groups is 1. The van der Waals surface area contributed by atoms with Crippen LogP contribution >= 0.6 is 0 Å². The van der Waals surface area contributed by atoms with Crippen LogP contribution in [0.5, 0.6) is 17.2 Å². The molecule has 0 radical (unpaired) electrons. The Morgan fingerprint density at radius 1 is 1.12 bits per heavy atom. The van der Waals surface area contributed by atoms with Crippen LogP contribution < -0.4 is 14.2 Å². The third-order valence-electron chi connectivity index (χ3n) is 6.43. The smallest absolute Gasteiger partial charge is 0.236 e. The van der Waals surface area contributed by atoms with Crippen LogP contribution in [0.1, 0.15) is 50.3 Å². The first-order valence-electron chi connectivity index (χ1n) is 11.5. The highest BCUT2D eigenvalue weighted by atomic mass is 16.7. The second kappa shape index (κ2) is 9.82. The van der Waals surface area contributed by atoms with Crippen molar-refractivity contribution >= 4 is 5.91 Å². The van der Waals surface area contributed by atoms with E-state index >= 15 is 0 Å². The van der Waals surface area contributed by atoms with E-state index in [-0.39, 0.29) is 18.7 Å². The van der Waals surface area contributed by atoms with Crippen LogP contribution in [0.4, 0.5) is 0 Å². The molecule has 2 atom stereocenters. The average molecular weight is 439 g/mol. The van der Waals surface area contributed by atoms with E-state index in [2.05, 4.69) is 49.9 Å². The maximum Gasteiger partial charge on any atom is 0.236 e. The fourth-order valence-electron chi connectivity index (χ4n) is 4.78. The van der Waals surface area contributed by atoms with Gasteiger partial charge in [0.15, 0.2) is 11.5 Å². The second-order valence-electron chi connectivity index (χ2n) is 9.09. The first-order valence-corrected chi connectivity index (χ1v) is 11.5. The van der Waals surface area contributed by atoms with Crippen LogP contribution in [-0.4, -0.2) is 55.8 Å². The quantitative estimate of drug-likeness (QED) is 0.609. The van der Waals surface area contributed by atoms with E-state index in [1.165, 1.54) is 11.1 Å². The van der Waals surface area contributed by atoms with Crippen molar-refractivity contribution in [2.75, 3.05) is 40.1 Å². The van der Waals surface area contributed by atoms with Gasteiger partial charge in [-0.3, -0.25) is 9.69 Å². The van der Waals surface area contributed by atoms with Gasteiger partial charge < -0.3 is 19.1 Å². The predicted molar refractivity (Wildman–Crippen MR) is 124 cm³/mol. The van der Waals surface area contributed by atoms with Gasteiger partial charge in [-0.1, -0.05) is 32.0 Å². The van der Waals surface area contributed by atoms with Gasteiger partial charge in [0, 0.05) is 25.7 Å². The third-order valence-corrected chi connectivity index (χ3v) is 6.43. The molecule has 1 amide bonds. The van der Waals surface area contributed by atoms with Crippen LogP contribution in [0.15, 0.2) is 42.5 Å². The van der Waals surface area contributed by atoms with Crippen molar-refractivity contribution in [3.05, 3.63) is 53.6 Å². The summed E-state index contributed by atoms with van der Waals surface area (Å²) in [6.45, 7) is 9.44. The molecular weight excluding hydrogens is 404 g/mol. The molecular formula is C26H34N2O4. The van der Waals surface area contributed by atoms with Crippen molar-refractivity contribution in [1.82, 2.24) is 9.80 Å². The number of likely N-dealkylation sites (tertiary alicyclic amines) is 1. The molecule has 0 aliphatic carbocycles. The third kappa shape index (κ3) is 4.85. The number of hydrogen-bond acceptors (Lipinski definition) is 5. The molecule has 0 N–H and O–H groups in total. The number of fused-ring (bicyclic) bond motifs is 1. The summed E-state index contributed by atoms with van der Waals surface area (Å²) in [7, 11) is 1.68. The SMILES string of the molecule is CCN(CC(C)C)C(=O)CN1CC(c2ccc3c(c2)OCO3)CC1c1ccc(OC)cc1. The molecule has 0 aromatic heterocycles. The van der Waals surface area contributed by atoms with Crippen molar-refractivity contribution < 1.29 is 19.0 Å². The molecule has 1 saturated heterocycles. The Kier molecular flexibility index (Phi) is 6.89. The molecule has 32 heavy (non-hydrogen) atoms. The number of ether oxygens (including phenoxy) is 3. The first kappa shape index (κ1) is 22.5. The predicted octanol–water partition coefficient (Wildman–Crippen LogP) is 4.46. The summed E-state index contributed by atoms with van der Waals surface area (Å²) >= 11 is 0. The number of benzene rings is 2. The Morgan fingerprint density at radius 3 is 2.53 bits per heavy atom. The average Bonchev–Trinajstić information content (AvgIpc) is 3.43. The Balaban J connectivity index is 1.56. The number of amides is 1. The molecule has 6 heteroatoms. The molecule has 2 aliphatic rings. The van der Waals surface area contributed by atoms with Gasteiger partial charge in [-0.15, -0.1) is 0 Å². The summed E-state index contributed by atoms with van der Waals surface area (Å²) < 4.78 is 16.4. The standard InChI is InChI=1S/C26H34N2O4/c1-5-27(14-18(2)3)26(29)16-28-15-21(20-8-11-24-25(13-20)32-17-31-24)12-23(28)19-6-9-22(30-4)10-7-19/h6-11,13,18,21,23H,5,12,14-17H2,1-4H3. The molecule has 0 saturated carbocycles. The molecule has 6 nitrogen and oxygen atoms in total. The van der Waals surface area contributed by atoms with Gasteiger partial charge in [-0.2, -0.15) is 0 Å². The molecule has 2 aliphatic heterocycles. The van der Waals surface area contributed by atoms with E-state index in [0.717, 1.165) is 43.3 Å². The van der Waals surface area contributed by atoms with E-state index in [9.17, 15) is 4.79 Å². The molecule has 172 valence electrons. The van der Waals surface area contributed by atoms with Gasteiger partial charge in [0.05, 0.1) is 13.7 Å². The monoisotopic (exact) mass is 438 g/mol. The zero-order valence-corrected chi connectivity index (χ0v) is 19.5. The van der Waals surface area contributed by atoms with Crippen molar-refractivity contribution in [2.45, 2.75) is 39.2 Å². The highest BCUT2D eigenvalue weighted by molar-refractivity contribution is 5.78. The molecule has 1 fully saturated rings. The first-order chi connectivity index (χ1) is 15.5. The minimum Gasteiger partial charge on any atom is -0.497 e. The maximum absolute atomic E-state index is 13.2. The Labute approximate surface area is 191 Å². The van der Waals surface area contributed by atoms with E-state index < -0.39 is 0 Å². The normalized spacial score (nSPS) is 20.0. The lowest BCUT2D eigenvalue weighted by molar-refractivity contribution is -0.133. The van der Waals surface area contributed by atoms with Gasteiger partial charge in [-0.25, -0.2) is 0 Å². The summed E-state index contributed by atoms with van der Waals surface area (Å²) in [4.78, 5) is 17.5. The zero-order chi connectivity index (χ0) is 22.7. The van der Waals surface area contributed by atoms with Crippen LogP contribution in [0.3, 0.4) is 0 Å². The summed E-state index contributed by atoms with van der Waals surface area (Å²) in [5, 5.41) is 0. The lowest BCUT2D eigenvalue weighted by Gasteiger charge is -2.29. The highest BCUT2D eigenvalue weighted by Gasteiger charge is 2.36. The minimum atomic E-state index is 0.179. The number of carbonyl (C=O) groups excluding carboxylic acids is 1. The summed E-state index contributed by atoms with van der Waals surface area (Å²) in [6.07, 6.45) is 0.954. The summed E-state index contributed by atoms with van der Waals surface area (Å²) in [5.41, 5.74) is 2.45. The summed E-state index contributed by atoms with van der Waals surface area (Å²) in [6, 6.07) is 14.6. The fraction of sp³-hybridized carbons (Fsp3) is 0.500. The fourth-order valence-corrected chi connectivity index (χ4v) is 4.78. The lowest BCUT2D eigenvalue weighted by Crippen LogP contribution is -2.41. The Hall–Kier alpha value is -2.73. The van der Waals surface area contributed by atoms with Crippen molar-refractivity contribution in [3.63, 3.8) is 0 Å². The molecule has 4 rings (SSSR count). The van der Waals surface area contributed by atoms with Gasteiger partial charge in [-0.05, 0) is 60.6 Å². The molecule has 2 aromatic rings. The maximum atomic E-state index is 13.2. The van der Waals surface area contributed by atoms with E-state index in [4.69, 9.17) is 14.2 Å². The molecule has 2 unspecified atom stereocenters. The Bertz CT molecular complexity index is 928. The Morgan fingerprint density at radius 2 is 1.84 bits per heavy atom. The highest BCUT2D eigenvalue weighted by Crippen LogP contribution is 2.43. The number of methoxy groups -OCH3 is 1. The van der Waals surface area contributed by atoms with Gasteiger partial charge in [0.25, 0.3) is 0 Å². The number of likely N-dealkylation sites (N-methyl/N-ethyl adjacent to an activating group) is 1. The molecule has 2 heterocycles. The van der Waals surface area contributed by atoms with Crippen molar-refractivity contribution in [1.29, 1.82) is 0 Å². The molecule has 0 spiro atoms. The number of hydrogen-bond donors (Lipinski definition) is 0. The van der Waals surface area contributed by atoms with Crippen LogP contribution in [-0.2, 0) is 4.79 Å². The summed E-state index contributed by atoms with van der Waals surface area (Å²) in [5.74, 6) is 3.44. The topological polar surface area (TPSA) is 51.2 Å². The van der Waals surface area contributed by atoms with Gasteiger partial charge >= 0.3 is 0 Å². The van der Waals surface area contributed by atoms with Crippen LogP contribution in [0.25, 0.3) is 0 Å². The number of nitrogens with zero attached hydrogens (tertiary/aromatic N) is 2. The van der Waals surface area contributed by atoms with E-state index in [1.54, 1.807) is 7.11 Å².